The Morgan fingerprint density at radius 3 is 2.67 bits per heavy atom. The van der Waals surface area contributed by atoms with E-state index < -0.39 is 23.2 Å². The minimum Gasteiger partial charge on any atom is -0.363 e. The second-order valence-electron chi connectivity index (χ2n) is 7.38. The third-order valence-electron chi connectivity index (χ3n) is 3.89. The van der Waals surface area contributed by atoms with Gasteiger partial charge in [-0.1, -0.05) is 0 Å². The maximum absolute atomic E-state index is 14.0. The van der Waals surface area contributed by atoms with Gasteiger partial charge < -0.3 is 10.6 Å². The fraction of sp³-hybridized carbons (Fsp3) is 0.316. The standard InChI is InChI=1S/C19H21F2N5O/c1-11(13-9-12(20)5-6-15(13)21)23-16-7-8-26-17(24-16)14(10-22-26)18(27)25-19(2,3)4/h5-11H,1-4H3,(H,23,24)(H,25,27). The molecule has 27 heavy (non-hydrogen) atoms. The molecule has 8 heteroatoms. The maximum atomic E-state index is 14.0. The highest BCUT2D eigenvalue weighted by molar-refractivity contribution is 6.00. The van der Waals surface area contributed by atoms with Gasteiger partial charge in [-0.05, 0) is 52.0 Å². The van der Waals surface area contributed by atoms with Crippen LogP contribution in [0.2, 0.25) is 0 Å². The van der Waals surface area contributed by atoms with E-state index in [1.54, 1.807) is 19.2 Å². The van der Waals surface area contributed by atoms with Gasteiger partial charge in [0.25, 0.3) is 5.91 Å². The van der Waals surface area contributed by atoms with Crippen LogP contribution in [0.25, 0.3) is 5.65 Å². The molecular formula is C19H21F2N5O. The van der Waals surface area contributed by atoms with Gasteiger partial charge >= 0.3 is 0 Å². The Bertz CT molecular complexity index is 993. The first-order valence-corrected chi connectivity index (χ1v) is 8.52. The summed E-state index contributed by atoms with van der Waals surface area (Å²) in [5.41, 5.74) is 0.493. The molecule has 0 bridgehead atoms. The molecule has 2 aromatic heterocycles. The summed E-state index contributed by atoms with van der Waals surface area (Å²) in [4.78, 5) is 16.9. The lowest BCUT2D eigenvalue weighted by Crippen LogP contribution is -2.40. The summed E-state index contributed by atoms with van der Waals surface area (Å²) < 4.78 is 28.9. The van der Waals surface area contributed by atoms with Gasteiger partial charge in [0.2, 0.25) is 0 Å². The van der Waals surface area contributed by atoms with Crippen molar-refractivity contribution in [2.45, 2.75) is 39.3 Å². The van der Waals surface area contributed by atoms with E-state index in [0.717, 1.165) is 18.2 Å². The monoisotopic (exact) mass is 373 g/mol. The number of hydrogen-bond donors (Lipinski definition) is 2. The van der Waals surface area contributed by atoms with Crippen molar-refractivity contribution in [3.05, 3.63) is 59.4 Å². The van der Waals surface area contributed by atoms with Gasteiger partial charge in [-0.15, -0.1) is 0 Å². The summed E-state index contributed by atoms with van der Waals surface area (Å²) in [5.74, 6) is -0.886. The van der Waals surface area contributed by atoms with Crippen LogP contribution in [0.1, 0.15) is 49.7 Å². The highest BCUT2D eigenvalue weighted by Gasteiger charge is 2.20. The molecule has 1 aromatic carbocycles. The van der Waals surface area contributed by atoms with Crippen molar-refractivity contribution >= 4 is 17.4 Å². The molecule has 3 aromatic rings. The van der Waals surface area contributed by atoms with Gasteiger partial charge in [0.15, 0.2) is 5.65 Å². The molecule has 0 aliphatic heterocycles. The Labute approximate surface area is 155 Å². The van der Waals surface area contributed by atoms with Gasteiger partial charge in [-0.25, -0.2) is 18.3 Å². The predicted octanol–water partition coefficient (Wildman–Crippen LogP) is 3.71. The zero-order chi connectivity index (χ0) is 19.8. The summed E-state index contributed by atoms with van der Waals surface area (Å²) in [7, 11) is 0. The second-order valence-corrected chi connectivity index (χ2v) is 7.38. The molecule has 0 aliphatic rings. The number of nitrogens with zero attached hydrogens (tertiary/aromatic N) is 3. The van der Waals surface area contributed by atoms with Crippen LogP contribution in [0.3, 0.4) is 0 Å². The molecule has 0 radical (unpaired) electrons. The average molecular weight is 373 g/mol. The second kappa shape index (κ2) is 6.94. The number of carbonyl (C=O) groups excluding carboxylic acids is 1. The molecule has 3 rings (SSSR count). The van der Waals surface area contributed by atoms with E-state index in [2.05, 4.69) is 20.7 Å². The Balaban J connectivity index is 1.89. The van der Waals surface area contributed by atoms with Gasteiger partial charge in [0.05, 0.1) is 12.2 Å². The molecular weight excluding hydrogens is 352 g/mol. The highest BCUT2D eigenvalue weighted by Crippen LogP contribution is 2.22. The van der Waals surface area contributed by atoms with Crippen LogP contribution in [-0.4, -0.2) is 26.0 Å². The van der Waals surface area contributed by atoms with E-state index in [4.69, 9.17) is 0 Å². The summed E-state index contributed by atoms with van der Waals surface area (Å²) in [6, 6.07) is 4.43. The third kappa shape index (κ3) is 4.21. The smallest absolute Gasteiger partial charge is 0.257 e. The number of benzene rings is 1. The van der Waals surface area contributed by atoms with Crippen molar-refractivity contribution in [2.75, 3.05) is 5.32 Å². The number of carbonyl (C=O) groups is 1. The largest absolute Gasteiger partial charge is 0.363 e. The molecule has 0 saturated heterocycles. The lowest BCUT2D eigenvalue weighted by molar-refractivity contribution is 0.0921. The van der Waals surface area contributed by atoms with Crippen molar-refractivity contribution in [1.82, 2.24) is 19.9 Å². The van der Waals surface area contributed by atoms with Gasteiger partial charge in [0.1, 0.15) is 23.0 Å². The van der Waals surface area contributed by atoms with Crippen molar-refractivity contribution in [3.8, 4) is 0 Å². The first-order chi connectivity index (χ1) is 12.6. The predicted molar refractivity (Wildman–Crippen MR) is 98.6 cm³/mol. The summed E-state index contributed by atoms with van der Waals surface area (Å²) >= 11 is 0. The Morgan fingerprint density at radius 1 is 1.22 bits per heavy atom. The van der Waals surface area contributed by atoms with Gasteiger partial charge in [-0.2, -0.15) is 5.10 Å². The van der Waals surface area contributed by atoms with Crippen LogP contribution in [0.5, 0.6) is 0 Å². The topological polar surface area (TPSA) is 71.3 Å². The number of nitrogens with one attached hydrogen (secondary N) is 2. The van der Waals surface area contributed by atoms with E-state index in [-0.39, 0.29) is 11.5 Å². The molecule has 1 amide bonds. The summed E-state index contributed by atoms with van der Waals surface area (Å²) in [6.07, 6.45) is 3.09. The quantitative estimate of drug-likeness (QED) is 0.731. The van der Waals surface area contributed by atoms with Crippen LogP contribution in [0.4, 0.5) is 14.6 Å². The summed E-state index contributed by atoms with van der Waals surface area (Å²) in [5, 5.41) is 10.0. The van der Waals surface area contributed by atoms with Crippen molar-refractivity contribution in [2.24, 2.45) is 0 Å². The first kappa shape index (κ1) is 18.8. The van der Waals surface area contributed by atoms with E-state index >= 15 is 0 Å². The maximum Gasteiger partial charge on any atom is 0.257 e. The Morgan fingerprint density at radius 2 is 1.96 bits per heavy atom. The van der Waals surface area contributed by atoms with Crippen molar-refractivity contribution in [1.29, 1.82) is 0 Å². The molecule has 0 fully saturated rings. The zero-order valence-electron chi connectivity index (χ0n) is 15.5. The number of fused-ring (bicyclic) bond motifs is 1. The van der Waals surface area contributed by atoms with Gasteiger partial charge in [0, 0.05) is 17.3 Å². The van der Waals surface area contributed by atoms with Crippen LogP contribution >= 0.6 is 0 Å². The minimum atomic E-state index is -0.523. The van der Waals surface area contributed by atoms with Crippen LogP contribution in [0.15, 0.2) is 36.7 Å². The molecule has 2 heterocycles. The molecule has 0 spiro atoms. The lowest BCUT2D eigenvalue weighted by atomic mass is 10.1. The van der Waals surface area contributed by atoms with E-state index in [9.17, 15) is 13.6 Å². The minimum absolute atomic E-state index is 0.191. The fourth-order valence-electron chi connectivity index (χ4n) is 2.66. The Kier molecular flexibility index (Phi) is 4.82. The molecule has 1 unspecified atom stereocenters. The van der Waals surface area contributed by atoms with Crippen LogP contribution in [0, 0.1) is 11.6 Å². The molecule has 0 aliphatic carbocycles. The number of hydrogen-bond acceptors (Lipinski definition) is 4. The molecule has 1 atom stereocenters. The number of rotatable bonds is 4. The number of anilines is 1. The van der Waals surface area contributed by atoms with Gasteiger partial charge in [-0.3, -0.25) is 4.79 Å². The molecule has 2 N–H and O–H groups in total. The third-order valence-corrected chi connectivity index (χ3v) is 3.89. The first-order valence-electron chi connectivity index (χ1n) is 8.52. The van der Waals surface area contributed by atoms with Crippen molar-refractivity contribution < 1.29 is 13.6 Å². The fourth-order valence-corrected chi connectivity index (χ4v) is 2.66. The molecule has 6 nitrogen and oxygen atoms in total. The average Bonchev–Trinajstić information content (AvgIpc) is 2.98. The van der Waals surface area contributed by atoms with E-state index in [1.165, 1.54) is 10.7 Å². The van der Waals surface area contributed by atoms with Crippen molar-refractivity contribution in [3.63, 3.8) is 0 Å². The summed E-state index contributed by atoms with van der Waals surface area (Å²) in [6.45, 7) is 7.35. The number of aromatic nitrogens is 3. The molecule has 0 saturated carbocycles. The SMILES string of the molecule is CC(Nc1ccn2ncc(C(=O)NC(C)(C)C)c2n1)c1cc(F)ccc1F. The lowest BCUT2D eigenvalue weighted by Gasteiger charge is -2.20. The van der Waals surface area contributed by atoms with Crippen LogP contribution in [-0.2, 0) is 0 Å². The molecule has 142 valence electrons. The zero-order valence-corrected chi connectivity index (χ0v) is 15.5. The number of amides is 1. The number of halogens is 2. The normalized spacial score (nSPS) is 12.8. The highest BCUT2D eigenvalue weighted by atomic mass is 19.1. The Hall–Kier alpha value is -3.03. The van der Waals surface area contributed by atoms with E-state index in [0.29, 0.717) is 17.0 Å². The van der Waals surface area contributed by atoms with E-state index in [1.807, 2.05) is 20.8 Å². The van der Waals surface area contributed by atoms with Crippen LogP contribution < -0.4 is 10.6 Å².